The van der Waals surface area contributed by atoms with Gasteiger partial charge >= 0.3 is 0 Å². The summed E-state index contributed by atoms with van der Waals surface area (Å²) in [5.41, 5.74) is 0.783. The second-order valence-electron chi connectivity index (χ2n) is 4.47. The summed E-state index contributed by atoms with van der Waals surface area (Å²) in [5.74, 6) is 1.62. The van der Waals surface area contributed by atoms with Crippen molar-refractivity contribution in [2.45, 2.75) is 17.2 Å². The van der Waals surface area contributed by atoms with Crippen LogP contribution in [0.5, 0.6) is 5.88 Å². The topological polar surface area (TPSA) is 73.9 Å². The smallest absolute Gasteiger partial charge is 0.240 e. The molecule has 0 aliphatic rings. The van der Waals surface area contributed by atoms with E-state index < -0.39 is 0 Å². The molecule has 22 heavy (non-hydrogen) atoms. The zero-order valence-electron chi connectivity index (χ0n) is 12.1. The van der Waals surface area contributed by atoms with Gasteiger partial charge in [-0.3, -0.25) is 0 Å². The Morgan fingerprint density at radius 1 is 1.18 bits per heavy atom. The normalized spacial score (nSPS) is 12.1. The first-order valence-electron chi connectivity index (χ1n) is 6.68. The van der Waals surface area contributed by atoms with Crippen molar-refractivity contribution in [1.82, 2.24) is 20.1 Å². The number of ether oxygens (including phenoxy) is 1. The minimum atomic E-state index is 0.0161. The van der Waals surface area contributed by atoms with E-state index >= 15 is 0 Å². The quantitative estimate of drug-likeness (QED) is 0.668. The molecule has 112 valence electrons. The van der Waals surface area contributed by atoms with E-state index in [0.717, 1.165) is 10.6 Å². The fourth-order valence-electron chi connectivity index (χ4n) is 1.80. The lowest BCUT2D eigenvalue weighted by Gasteiger charge is -2.04. The molecule has 0 radical (unpaired) electrons. The molecule has 0 bridgehead atoms. The molecule has 0 aliphatic carbocycles. The Hall–Kier alpha value is -2.41. The first-order valence-corrected chi connectivity index (χ1v) is 7.56. The SMILES string of the molecule is COc1ccc(-c2noc([C@@H](C)Sc3ccccn3)n2)cn1. The molecule has 6 nitrogen and oxygen atoms in total. The minimum Gasteiger partial charge on any atom is -0.481 e. The molecule has 3 aromatic heterocycles. The Balaban J connectivity index is 1.75. The highest BCUT2D eigenvalue weighted by molar-refractivity contribution is 7.99. The number of hydrogen-bond donors (Lipinski definition) is 0. The van der Waals surface area contributed by atoms with Gasteiger partial charge in [0.2, 0.25) is 17.6 Å². The molecule has 0 fully saturated rings. The van der Waals surface area contributed by atoms with Crippen LogP contribution in [0.3, 0.4) is 0 Å². The highest BCUT2D eigenvalue weighted by Crippen LogP contribution is 2.33. The van der Waals surface area contributed by atoms with Crippen LogP contribution >= 0.6 is 11.8 Å². The number of nitrogens with zero attached hydrogens (tertiary/aromatic N) is 4. The van der Waals surface area contributed by atoms with Gasteiger partial charge in [-0.2, -0.15) is 4.98 Å². The van der Waals surface area contributed by atoms with Crippen LogP contribution in [0, 0.1) is 0 Å². The lowest BCUT2D eigenvalue weighted by Crippen LogP contribution is -1.91. The first-order chi connectivity index (χ1) is 10.8. The summed E-state index contributed by atoms with van der Waals surface area (Å²) in [5, 5.41) is 4.94. The maximum atomic E-state index is 5.34. The molecule has 7 heteroatoms. The van der Waals surface area contributed by atoms with Crippen LogP contribution in [0.2, 0.25) is 0 Å². The average Bonchev–Trinajstić information content (AvgIpc) is 3.06. The molecule has 0 saturated heterocycles. The molecule has 0 amide bonds. The van der Waals surface area contributed by atoms with Crippen LogP contribution < -0.4 is 4.74 Å². The van der Waals surface area contributed by atoms with Gasteiger partial charge in [0.05, 0.1) is 17.4 Å². The van der Waals surface area contributed by atoms with E-state index in [1.54, 1.807) is 37.3 Å². The van der Waals surface area contributed by atoms with E-state index in [-0.39, 0.29) is 5.25 Å². The average molecular weight is 314 g/mol. The fraction of sp³-hybridized carbons (Fsp3) is 0.200. The van der Waals surface area contributed by atoms with Crippen molar-refractivity contribution >= 4 is 11.8 Å². The van der Waals surface area contributed by atoms with Crippen LogP contribution in [0.25, 0.3) is 11.4 Å². The molecular weight excluding hydrogens is 300 g/mol. The molecule has 3 rings (SSSR count). The van der Waals surface area contributed by atoms with Crippen LogP contribution in [0.1, 0.15) is 18.1 Å². The van der Waals surface area contributed by atoms with Gasteiger partial charge in [-0.05, 0) is 25.1 Å². The van der Waals surface area contributed by atoms with Crippen molar-refractivity contribution in [2.75, 3.05) is 7.11 Å². The zero-order valence-corrected chi connectivity index (χ0v) is 12.9. The van der Waals surface area contributed by atoms with Gasteiger partial charge in [-0.15, -0.1) is 0 Å². The Bertz CT molecular complexity index is 731. The number of pyridine rings is 2. The van der Waals surface area contributed by atoms with Gasteiger partial charge in [0.15, 0.2) is 0 Å². The predicted octanol–water partition coefficient (Wildman–Crippen LogP) is 3.39. The Morgan fingerprint density at radius 2 is 2.09 bits per heavy atom. The summed E-state index contributed by atoms with van der Waals surface area (Å²) in [4.78, 5) is 12.8. The number of thioether (sulfide) groups is 1. The van der Waals surface area contributed by atoms with Crippen LogP contribution in [0.15, 0.2) is 52.3 Å². The molecule has 0 saturated carbocycles. The second kappa shape index (κ2) is 6.57. The van der Waals surface area contributed by atoms with Crippen molar-refractivity contribution in [2.24, 2.45) is 0 Å². The number of rotatable bonds is 5. The van der Waals surface area contributed by atoms with Crippen LogP contribution in [-0.4, -0.2) is 27.2 Å². The van der Waals surface area contributed by atoms with Crippen molar-refractivity contribution < 1.29 is 9.26 Å². The first kappa shape index (κ1) is 14.5. The third-order valence-electron chi connectivity index (χ3n) is 2.93. The maximum absolute atomic E-state index is 5.34. The van der Waals surface area contributed by atoms with Gasteiger partial charge in [0.1, 0.15) is 0 Å². The molecule has 3 heterocycles. The third-order valence-corrected chi connectivity index (χ3v) is 3.97. The molecule has 0 spiro atoms. The van der Waals surface area contributed by atoms with Gasteiger partial charge < -0.3 is 9.26 Å². The molecular formula is C15H14N4O2S. The van der Waals surface area contributed by atoms with E-state index in [9.17, 15) is 0 Å². The molecule has 0 unspecified atom stereocenters. The fourth-order valence-corrected chi connectivity index (χ4v) is 2.64. The van der Waals surface area contributed by atoms with Gasteiger partial charge in [0.25, 0.3) is 0 Å². The Kier molecular flexibility index (Phi) is 4.34. The van der Waals surface area contributed by atoms with Gasteiger partial charge in [-0.1, -0.05) is 23.0 Å². The summed E-state index contributed by atoms with van der Waals surface area (Å²) in [6, 6.07) is 9.39. The zero-order chi connectivity index (χ0) is 15.4. The summed E-state index contributed by atoms with van der Waals surface area (Å²) in [6.45, 7) is 2.00. The molecule has 0 aliphatic heterocycles. The minimum absolute atomic E-state index is 0.0161. The second-order valence-corrected chi connectivity index (χ2v) is 5.83. The van der Waals surface area contributed by atoms with Gasteiger partial charge in [0, 0.05) is 24.0 Å². The highest BCUT2D eigenvalue weighted by atomic mass is 32.2. The van der Waals surface area contributed by atoms with E-state index in [1.165, 1.54) is 0 Å². The van der Waals surface area contributed by atoms with E-state index in [2.05, 4.69) is 20.1 Å². The molecule has 1 atom stereocenters. The van der Waals surface area contributed by atoms with Crippen molar-refractivity contribution in [3.63, 3.8) is 0 Å². The van der Waals surface area contributed by atoms with Crippen molar-refractivity contribution in [3.8, 4) is 17.3 Å². The standard InChI is InChI=1S/C15H14N4O2S/c1-10(22-13-5-3-4-8-16-13)15-18-14(19-21-15)11-6-7-12(20-2)17-9-11/h3-10H,1-2H3/t10-/m1/s1. The Morgan fingerprint density at radius 3 is 2.77 bits per heavy atom. The predicted molar refractivity (Wildman–Crippen MR) is 82.6 cm³/mol. The summed E-state index contributed by atoms with van der Waals surface area (Å²) < 4.78 is 10.4. The van der Waals surface area contributed by atoms with Crippen LogP contribution in [0.4, 0.5) is 0 Å². The number of methoxy groups -OCH3 is 1. The monoisotopic (exact) mass is 314 g/mol. The van der Waals surface area contributed by atoms with Crippen molar-refractivity contribution in [3.05, 3.63) is 48.6 Å². The third kappa shape index (κ3) is 3.25. The number of hydrogen-bond acceptors (Lipinski definition) is 7. The summed E-state index contributed by atoms with van der Waals surface area (Å²) in [7, 11) is 1.57. The summed E-state index contributed by atoms with van der Waals surface area (Å²) >= 11 is 1.57. The van der Waals surface area contributed by atoms with Crippen molar-refractivity contribution in [1.29, 1.82) is 0 Å². The number of aromatic nitrogens is 4. The summed E-state index contributed by atoms with van der Waals surface area (Å²) in [6.07, 6.45) is 3.42. The van der Waals surface area contributed by atoms with E-state index in [4.69, 9.17) is 9.26 Å². The van der Waals surface area contributed by atoms with E-state index in [1.807, 2.05) is 31.2 Å². The molecule has 0 aromatic carbocycles. The van der Waals surface area contributed by atoms with Gasteiger partial charge in [-0.25, -0.2) is 9.97 Å². The Labute approximate surface area is 132 Å². The highest BCUT2D eigenvalue weighted by Gasteiger charge is 2.17. The van der Waals surface area contributed by atoms with Crippen LogP contribution in [-0.2, 0) is 0 Å². The van der Waals surface area contributed by atoms with E-state index in [0.29, 0.717) is 17.6 Å². The largest absolute Gasteiger partial charge is 0.481 e. The lowest BCUT2D eigenvalue weighted by molar-refractivity contribution is 0.380. The maximum Gasteiger partial charge on any atom is 0.240 e. The molecule has 3 aromatic rings. The molecule has 0 N–H and O–H groups in total. The lowest BCUT2D eigenvalue weighted by atomic mass is 10.3.